The van der Waals surface area contributed by atoms with E-state index < -0.39 is 40.1 Å². The second kappa shape index (κ2) is 10.2. The van der Waals surface area contributed by atoms with Gasteiger partial charge in [0, 0.05) is 10.2 Å². The number of benzene rings is 3. The first-order valence-electron chi connectivity index (χ1n) is 9.22. The molecule has 34 heavy (non-hydrogen) atoms. The molecule has 0 bridgehead atoms. The second-order valence-corrected chi connectivity index (χ2v) is 9.74. The smallest absolute Gasteiger partial charge is 0.416 e. The van der Waals surface area contributed by atoms with Gasteiger partial charge < -0.3 is 10.1 Å². The first kappa shape index (κ1) is 25.8. The van der Waals surface area contributed by atoms with Crippen molar-refractivity contribution in [3.05, 3.63) is 81.5 Å². The summed E-state index contributed by atoms with van der Waals surface area (Å²) in [7, 11) is -4.28. The van der Waals surface area contributed by atoms with Gasteiger partial charge in [0.2, 0.25) is 0 Å². The second-order valence-electron chi connectivity index (χ2n) is 6.74. The number of rotatable bonds is 7. The number of carbonyl (C=O) groups excluding carboxylic acids is 1. The van der Waals surface area contributed by atoms with Gasteiger partial charge in [-0.15, -0.1) is 0 Å². The summed E-state index contributed by atoms with van der Waals surface area (Å²) >= 11 is 9.14. The Bertz CT molecular complexity index is 1340. The predicted octanol–water partition coefficient (Wildman–Crippen LogP) is 6.08. The monoisotopic (exact) mass is 580 g/mol. The van der Waals surface area contributed by atoms with Gasteiger partial charge in [-0.2, -0.15) is 13.2 Å². The number of anilines is 2. The lowest BCUT2D eigenvalue weighted by molar-refractivity contribution is -0.137. The van der Waals surface area contributed by atoms with E-state index in [1.807, 2.05) is 0 Å². The molecule has 180 valence electrons. The Morgan fingerprint density at radius 3 is 2.44 bits per heavy atom. The number of sulfonamides is 1. The molecule has 0 radical (unpaired) electrons. The molecular formula is C21H14BrClF4N2O4S. The summed E-state index contributed by atoms with van der Waals surface area (Å²) in [6, 6.07) is 11.0. The summed E-state index contributed by atoms with van der Waals surface area (Å²) in [5.41, 5.74) is -1.37. The zero-order valence-electron chi connectivity index (χ0n) is 16.8. The van der Waals surface area contributed by atoms with Crippen LogP contribution in [0.4, 0.5) is 28.9 Å². The van der Waals surface area contributed by atoms with Gasteiger partial charge >= 0.3 is 6.18 Å². The Labute approximate surface area is 205 Å². The molecule has 2 N–H and O–H groups in total. The van der Waals surface area contributed by atoms with Crippen molar-refractivity contribution in [1.82, 2.24) is 0 Å². The number of nitrogens with one attached hydrogen (secondary N) is 2. The predicted molar refractivity (Wildman–Crippen MR) is 122 cm³/mol. The van der Waals surface area contributed by atoms with Crippen molar-refractivity contribution in [3.8, 4) is 5.75 Å². The Kier molecular flexibility index (Phi) is 7.74. The van der Waals surface area contributed by atoms with E-state index in [1.54, 1.807) is 0 Å². The maximum atomic E-state index is 13.8. The van der Waals surface area contributed by atoms with Crippen LogP contribution in [0.5, 0.6) is 5.75 Å². The number of ether oxygens (including phenoxy) is 1. The lowest BCUT2D eigenvalue weighted by Gasteiger charge is -2.13. The van der Waals surface area contributed by atoms with Crippen molar-refractivity contribution in [2.24, 2.45) is 0 Å². The van der Waals surface area contributed by atoms with Crippen LogP contribution < -0.4 is 14.8 Å². The maximum absolute atomic E-state index is 13.8. The summed E-state index contributed by atoms with van der Waals surface area (Å²) in [6.07, 6.45) is -4.64. The number of halogens is 6. The molecule has 0 aliphatic rings. The Morgan fingerprint density at radius 2 is 1.79 bits per heavy atom. The number of amides is 1. The Hall–Kier alpha value is -2.83. The van der Waals surface area contributed by atoms with Crippen LogP contribution in [0.2, 0.25) is 5.02 Å². The molecule has 0 aliphatic heterocycles. The Morgan fingerprint density at radius 1 is 1.06 bits per heavy atom. The standard InChI is InChI=1S/C21H14BrClF4N2O4S/c22-13-4-6-18(17(24)9-13)28-20(30)11-33-19-7-5-15(10-16(19)23)34(31,32)29-14-3-1-2-12(8-14)21(25,26)27/h1-10,29H,11H2,(H,28,30). The van der Waals surface area contributed by atoms with Gasteiger partial charge in [-0.05, 0) is 54.6 Å². The van der Waals surface area contributed by atoms with E-state index in [0.29, 0.717) is 10.5 Å². The minimum Gasteiger partial charge on any atom is -0.482 e. The highest BCUT2D eigenvalue weighted by Gasteiger charge is 2.30. The van der Waals surface area contributed by atoms with Gasteiger partial charge in [0.1, 0.15) is 11.6 Å². The zero-order valence-corrected chi connectivity index (χ0v) is 19.9. The van der Waals surface area contributed by atoms with E-state index in [0.717, 1.165) is 24.3 Å². The molecule has 0 heterocycles. The summed E-state index contributed by atoms with van der Waals surface area (Å²) < 4.78 is 85.3. The molecular weight excluding hydrogens is 568 g/mol. The average molecular weight is 582 g/mol. The SMILES string of the molecule is O=C(COc1ccc(S(=O)(=O)Nc2cccc(C(F)(F)F)c2)cc1Cl)Nc1ccc(Br)cc1F. The summed E-state index contributed by atoms with van der Waals surface area (Å²) in [5.74, 6) is -1.39. The van der Waals surface area contributed by atoms with Crippen LogP contribution in [0.1, 0.15) is 5.56 Å². The van der Waals surface area contributed by atoms with Crippen LogP contribution in [0.25, 0.3) is 0 Å². The third-order valence-corrected chi connectivity index (χ3v) is 6.39. The zero-order chi connectivity index (χ0) is 25.1. The molecule has 1 amide bonds. The molecule has 13 heteroatoms. The molecule has 3 rings (SSSR count). The number of hydrogen-bond donors (Lipinski definition) is 2. The summed E-state index contributed by atoms with van der Waals surface area (Å²) in [6.45, 7) is -0.552. The molecule has 0 atom stereocenters. The summed E-state index contributed by atoms with van der Waals surface area (Å²) in [4.78, 5) is 11.7. The molecule has 0 saturated heterocycles. The van der Waals surface area contributed by atoms with Crippen molar-refractivity contribution in [2.75, 3.05) is 16.6 Å². The normalized spacial score (nSPS) is 11.7. The van der Waals surface area contributed by atoms with Crippen LogP contribution in [0.15, 0.2) is 70.0 Å². The van der Waals surface area contributed by atoms with E-state index in [4.69, 9.17) is 16.3 Å². The summed E-state index contributed by atoms with van der Waals surface area (Å²) in [5, 5.41) is 2.14. The lowest BCUT2D eigenvalue weighted by atomic mass is 10.2. The Balaban J connectivity index is 1.67. The molecule has 6 nitrogen and oxygen atoms in total. The van der Waals surface area contributed by atoms with E-state index in [9.17, 15) is 30.8 Å². The van der Waals surface area contributed by atoms with Crippen LogP contribution in [-0.4, -0.2) is 20.9 Å². The van der Waals surface area contributed by atoms with E-state index in [1.165, 1.54) is 30.3 Å². The van der Waals surface area contributed by atoms with Crippen molar-refractivity contribution < 1.29 is 35.5 Å². The highest BCUT2D eigenvalue weighted by Crippen LogP contribution is 2.32. The van der Waals surface area contributed by atoms with Gasteiger partial charge in [0.25, 0.3) is 15.9 Å². The van der Waals surface area contributed by atoms with Crippen LogP contribution in [0, 0.1) is 5.82 Å². The van der Waals surface area contributed by atoms with E-state index in [2.05, 4.69) is 26.0 Å². The van der Waals surface area contributed by atoms with Crippen molar-refractivity contribution >= 4 is 54.8 Å². The average Bonchev–Trinajstić information content (AvgIpc) is 2.74. The fourth-order valence-corrected chi connectivity index (χ4v) is 4.37. The fraction of sp³-hybridized carbons (Fsp3) is 0.0952. The fourth-order valence-electron chi connectivity index (χ4n) is 2.66. The first-order chi connectivity index (χ1) is 15.8. The van der Waals surface area contributed by atoms with E-state index in [-0.39, 0.29) is 27.0 Å². The van der Waals surface area contributed by atoms with Gasteiger partial charge in [-0.3, -0.25) is 9.52 Å². The van der Waals surface area contributed by atoms with E-state index >= 15 is 0 Å². The van der Waals surface area contributed by atoms with Gasteiger partial charge in [-0.25, -0.2) is 12.8 Å². The van der Waals surface area contributed by atoms with Crippen molar-refractivity contribution in [3.63, 3.8) is 0 Å². The van der Waals surface area contributed by atoms with Crippen LogP contribution in [0.3, 0.4) is 0 Å². The van der Waals surface area contributed by atoms with Gasteiger partial charge in [0.05, 0.1) is 21.2 Å². The number of hydrogen-bond acceptors (Lipinski definition) is 4. The third kappa shape index (κ3) is 6.61. The maximum Gasteiger partial charge on any atom is 0.416 e. The molecule has 3 aromatic rings. The van der Waals surface area contributed by atoms with Crippen LogP contribution >= 0.6 is 27.5 Å². The quantitative estimate of drug-likeness (QED) is 0.331. The molecule has 0 saturated carbocycles. The lowest BCUT2D eigenvalue weighted by Crippen LogP contribution is -2.21. The molecule has 0 aromatic heterocycles. The minimum absolute atomic E-state index is 0.0360. The third-order valence-electron chi connectivity index (χ3n) is 4.22. The largest absolute Gasteiger partial charge is 0.482 e. The van der Waals surface area contributed by atoms with Crippen molar-refractivity contribution in [1.29, 1.82) is 0 Å². The molecule has 3 aromatic carbocycles. The topological polar surface area (TPSA) is 84.5 Å². The van der Waals surface area contributed by atoms with Crippen LogP contribution in [-0.2, 0) is 21.0 Å². The molecule has 0 spiro atoms. The highest BCUT2D eigenvalue weighted by molar-refractivity contribution is 9.10. The first-order valence-corrected chi connectivity index (χ1v) is 11.9. The number of carbonyl (C=O) groups is 1. The van der Waals surface area contributed by atoms with Crippen molar-refractivity contribution in [2.45, 2.75) is 11.1 Å². The molecule has 0 aliphatic carbocycles. The van der Waals surface area contributed by atoms with Gasteiger partial charge in [-0.1, -0.05) is 33.6 Å². The highest BCUT2D eigenvalue weighted by atomic mass is 79.9. The number of alkyl halides is 3. The molecule has 0 unspecified atom stereocenters. The van der Waals surface area contributed by atoms with Gasteiger partial charge in [0.15, 0.2) is 6.61 Å². The minimum atomic E-state index is -4.64. The molecule has 0 fully saturated rings.